The predicted molar refractivity (Wildman–Crippen MR) is 96.8 cm³/mol. The number of methoxy groups -OCH3 is 2. The van der Waals surface area contributed by atoms with Crippen molar-refractivity contribution in [3.8, 4) is 0 Å². The maximum Gasteiger partial charge on any atom is 0.347 e. The lowest BCUT2D eigenvalue weighted by molar-refractivity contribution is -0.167. The molecule has 0 amide bonds. The molecule has 0 heterocycles. The second kappa shape index (κ2) is 10.8. The summed E-state index contributed by atoms with van der Waals surface area (Å²) < 4.78 is 19.9. The minimum absolute atomic E-state index is 0.0807. The molecule has 28 heavy (non-hydrogen) atoms. The van der Waals surface area contributed by atoms with Crippen LogP contribution in [0.5, 0.6) is 0 Å². The monoisotopic (exact) mass is 396 g/mol. The highest BCUT2D eigenvalue weighted by Crippen LogP contribution is 2.31. The van der Waals surface area contributed by atoms with Crippen molar-refractivity contribution in [3.63, 3.8) is 0 Å². The van der Waals surface area contributed by atoms with Gasteiger partial charge in [0.2, 0.25) is 12.2 Å². The maximum atomic E-state index is 12.1. The zero-order valence-corrected chi connectivity index (χ0v) is 16.4. The van der Waals surface area contributed by atoms with Gasteiger partial charge in [-0.05, 0) is 25.7 Å². The zero-order valence-electron chi connectivity index (χ0n) is 16.4. The third-order valence-electron chi connectivity index (χ3n) is 5.36. The second-order valence-corrected chi connectivity index (χ2v) is 7.18. The summed E-state index contributed by atoms with van der Waals surface area (Å²) in [5.74, 6) is -3.05. The molecule has 0 bridgehead atoms. The Hall–Kier alpha value is -2.38. The summed E-state index contributed by atoms with van der Waals surface area (Å²) in [7, 11) is 2.47. The Morgan fingerprint density at radius 2 is 1.00 bits per heavy atom. The quantitative estimate of drug-likeness (QED) is 0.349. The highest BCUT2D eigenvalue weighted by Gasteiger charge is 2.35. The summed E-state index contributed by atoms with van der Waals surface area (Å²) >= 11 is 0. The van der Waals surface area contributed by atoms with E-state index in [0.717, 1.165) is 63.5 Å². The van der Waals surface area contributed by atoms with E-state index in [1.165, 1.54) is 14.2 Å². The summed E-state index contributed by atoms with van der Waals surface area (Å²) in [6, 6.07) is 0. The first-order chi connectivity index (χ1) is 13.5. The lowest BCUT2D eigenvalue weighted by atomic mass is 10.0. The third kappa shape index (κ3) is 6.07. The van der Waals surface area contributed by atoms with E-state index in [1.54, 1.807) is 0 Å². The number of hydrogen-bond acceptors (Lipinski definition) is 8. The molecule has 0 aromatic carbocycles. The molecule has 8 nitrogen and oxygen atoms in total. The topological polar surface area (TPSA) is 105 Å². The number of ether oxygens (including phenoxy) is 4. The highest BCUT2D eigenvalue weighted by molar-refractivity contribution is 5.93. The van der Waals surface area contributed by atoms with E-state index in [4.69, 9.17) is 18.9 Å². The average Bonchev–Trinajstić information content (AvgIpc) is 3.41. The van der Waals surface area contributed by atoms with Gasteiger partial charge in [0, 0.05) is 24.0 Å². The molecular formula is C20H28O8. The lowest BCUT2D eigenvalue weighted by Crippen LogP contribution is -2.34. The van der Waals surface area contributed by atoms with E-state index < -0.39 is 36.1 Å². The van der Waals surface area contributed by atoms with Crippen LogP contribution in [0.4, 0.5) is 0 Å². The van der Waals surface area contributed by atoms with Crippen LogP contribution >= 0.6 is 0 Å². The first-order valence-electron chi connectivity index (χ1n) is 9.71. The van der Waals surface area contributed by atoms with Gasteiger partial charge in [-0.15, -0.1) is 0 Å². The van der Waals surface area contributed by atoms with Crippen LogP contribution in [0.3, 0.4) is 0 Å². The van der Waals surface area contributed by atoms with Crippen LogP contribution in [0.15, 0.2) is 12.2 Å². The van der Waals surface area contributed by atoms with E-state index in [1.807, 2.05) is 0 Å². The fraction of sp³-hybridized carbons (Fsp3) is 0.700. The van der Waals surface area contributed by atoms with Gasteiger partial charge in [0.05, 0.1) is 14.2 Å². The summed E-state index contributed by atoms with van der Waals surface area (Å²) in [4.78, 5) is 47.9. The Kier molecular flexibility index (Phi) is 8.47. The molecule has 2 atom stereocenters. The number of rotatable bonds is 8. The van der Waals surface area contributed by atoms with E-state index in [2.05, 4.69) is 0 Å². The average molecular weight is 396 g/mol. The van der Waals surface area contributed by atoms with Crippen molar-refractivity contribution in [2.75, 3.05) is 14.2 Å². The largest absolute Gasteiger partial charge is 0.466 e. The Morgan fingerprint density at radius 1 is 0.679 bits per heavy atom. The lowest BCUT2D eigenvalue weighted by Gasteiger charge is -2.21. The Morgan fingerprint density at radius 3 is 1.29 bits per heavy atom. The number of esters is 4. The minimum Gasteiger partial charge on any atom is -0.466 e. The van der Waals surface area contributed by atoms with Crippen molar-refractivity contribution in [1.82, 2.24) is 0 Å². The van der Waals surface area contributed by atoms with Crippen LogP contribution in [-0.2, 0) is 38.1 Å². The van der Waals surface area contributed by atoms with Crippen LogP contribution in [0.2, 0.25) is 0 Å². The fourth-order valence-electron chi connectivity index (χ4n) is 3.89. The van der Waals surface area contributed by atoms with Crippen molar-refractivity contribution in [3.05, 3.63) is 12.2 Å². The summed E-state index contributed by atoms with van der Waals surface area (Å²) in [6.07, 6.45) is 6.81. The fourth-order valence-corrected chi connectivity index (χ4v) is 3.89. The van der Waals surface area contributed by atoms with E-state index in [9.17, 15) is 19.2 Å². The molecule has 2 saturated carbocycles. The molecule has 2 unspecified atom stereocenters. The summed E-state index contributed by atoms with van der Waals surface area (Å²) in [6.45, 7) is 0. The van der Waals surface area contributed by atoms with E-state index in [-0.39, 0.29) is 11.8 Å². The Bertz CT molecular complexity index is 547. The maximum absolute atomic E-state index is 12.1. The number of carbonyl (C=O) groups excluding carboxylic acids is 4. The molecule has 0 saturated heterocycles. The molecule has 0 spiro atoms. The van der Waals surface area contributed by atoms with E-state index in [0.29, 0.717) is 0 Å². The van der Waals surface area contributed by atoms with Crippen molar-refractivity contribution < 1.29 is 38.1 Å². The molecule has 8 heteroatoms. The first-order valence-corrected chi connectivity index (χ1v) is 9.71. The predicted octanol–water partition coefficient (Wildman–Crippen LogP) is 2.09. The van der Waals surface area contributed by atoms with Crippen molar-refractivity contribution in [1.29, 1.82) is 0 Å². The second-order valence-electron chi connectivity index (χ2n) is 7.18. The zero-order chi connectivity index (χ0) is 20.5. The normalized spacial score (nSPS) is 19.9. The molecule has 2 aliphatic carbocycles. The van der Waals surface area contributed by atoms with Crippen LogP contribution in [0.25, 0.3) is 0 Å². The molecule has 2 fully saturated rings. The first kappa shape index (κ1) is 21.9. The van der Waals surface area contributed by atoms with Gasteiger partial charge in [-0.25, -0.2) is 19.2 Å². The van der Waals surface area contributed by atoms with Crippen molar-refractivity contribution >= 4 is 23.9 Å². The van der Waals surface area contributed by atoms with Crippen LogP contribution < -0.4 is 0 Å². The molecule has 0 aromatic heterocycles. The van der Waals surface area contributed by atoms with Gasteiger partial charge in [0.1, 0.15) is 0 Å². The van der Waals surface area contributed by atoms with Gasteiger partial charge < -0.3 is 18.9 Å². The van der Waals surface area contributed by atoms with Crippen LogP contribution in [0.1, 0.15) is 51.4 Å². The molecule has 0 radical (unpaired) electrons. The smallest absolute Gasteiger partial charge is 0.347 e. The van der Waals surface area contributed by atoms with Gasteiger partial charge >= 0.3 is 23.9 Å². The third-order valence-corrected chi connectivity index (χ3v) is 5.36. The van der Waals surface area contributed by atoms with Gasteiger partial charge in [-0.2, -0.15) is 0 Å². The highest BCUT2D eigenvalue weighted by atomic mass is 16.6. The van der Waals surface area contributed by atoms with Crippen LogP contribution in [-0.4, -0.2) is 50.3 Å². The Balaban J connectivity index is 1.92. The number of carbonyl (C=O) groups is 4. The Labute approximate surface area is 164 Å². The standard InChI is InChI=1S/C20H28O8/c1-25-19(23)17(13-7-3-4-8-13)27-15(21)11-12-16(22)28-18(20(24)26-2)14-9-5-6-10-14/h11-14,17-18H,3-10H2,1-2H3/b12-11+. The molecule has 156 valence electrons. The minimum atomic E-state index is -0.984. The summed E-state index contributed by atoms with van der Waals surface area (Å²) in [5, 5.41) is 0. The molecule has 2 aliphatic rings. The van der Waals surface area contributed by atoms with Crippen molar-refractivity contribution in [2.24, 2.45) is 11.8 Å². The molecule has 2 rings (SSSR count). The van der Waals surface area contributed by atoms with Gasteiger partial charge in [0.15, 0.2) is 0 Å². The van der Waals surface area contributed by atoms with Gasteiger partial charge in [-0.3, -0.25) is 0 Å². The van der Waals surface area contributed by atoms with Gasteiger partial charge in [0.25, 0.3) is 0 Å². The molecule has 0 N–H and O–H groups in total. The molecule has 0 aliphatic heterocycles. The van der Waals surface area contributed by atoms with Crippen LogP contribution in [0, 0.1) is 11.8 Å². The van der Waals surface area contributed by atoms with E-state index >= 15 is 0 Å². The SMILES string of the molecule is COC(=O)C(OC(=O)/C=C/C(=O)OC(C(=O)OC)C1CCCC1)C1CCCC1. The van der Waals surface area contributed by atoms with Gasteiger partial charge in [-0.1, -0.05) is 25.7 Å². The summed E-state index contributed by atoms with van der Waals surface area (Å²) in [5.41, 5.74) is 0. The number of hydrogen-bond donors (Lipinski definition) is 0. The molecular weight excluding hydrogens is 368 g/mol. The van der Waals surface area contributed by atoms with Crippen molar-refractivity contribution in [2.45, 2.75) is 63.6 Å². The molecule has 0 aromatic rings.